The van der Waals surface area contributed by atoms with Crippen LogP contribution in [0.1, 0.15) is 54.4 Å². The Morgan fingerprint density at radius 3 is 2.46 bits per heavy atom. The number of ketones is 1. The highest BCUT2D eigenvalue weighted by molar-refractivity contribution is 6.74. The van der Waals surface area contributed by atoms with Gasteiger partial charge < -0.3 is 9.16 Å². The molecule has 0 spiro atoms. The molecule has 0 aromatic heterocycles. The monoisotopic (exact) mass is 349 g/mol. The van der Waals surface area contributed by atoms with Crippen molar-refractivity contribution >= 4 is 14.1 Å². The summed E-state index contributed by atoms with van der Waals surface area (Å²) in [5, 5.41) is 9.92. The number of hydrogen-bond donors (Lipinski definition) is 0. The van der Waals surface area contributed by atoms with Crippen LogP contribution in [0.4, 0.5) is 0 Å². The van der Waals surface area contributed by atoms with Crippen molar-refractivity contribution in [2.75, 3.05) is 0 Å². The van der Waals surface area contributed by atoms with E-state index in [4.69, 9.17) is 9.16 Å². The van der Waals surface area contributed by atoms with E-state index in [2.05, 4.69) is 39.9 Å². The summed E-state index contributed by atoms with van der Waals surface area (Å²) in [6.07, 6.45) is 2.34. The van der Waals surface area contributed by atoms with E-state index in [-0.39, 0.29) is 23.2 Å². The molecule has 1 fully saturated rings. The van der Waals surface area contributed by atoms with E-state index in [1.807, 2.05) is 26.8 Å². The van der Waals surface area contributed by atoms with Gasteiger partial charge in [0.2, 0.25) is 8.32 Å². The molecule has 0 bridgehead atoms. The lowest BCUT2D eigenvalue weighted by Gasteiger charge is -2.50. The van der Waals surface area contributed by atoms with Crippen LogP contribution in [-0.4, -0.2) is 25.8 Å². The fourth-order valence-corrected chi connectivity index (χ4v) is 4.55. The minimum atomic E-state index is -1.96. The smallest absolute Gasteiger partial charge is 0.250 e. The lowest BCUT2D eigenvalue weighted by atomic mass is 9.62. The predicted octanol–water partition coefficient (Wildman–Crippen LogP) is 4.58. The summed E-state index contributed by atoms with van der Waals surface area (Å²) in [7, 11) is -1.96. The molecule has 0 aromatic carbocycles. The van der Waals surface area contributed by atoms with Crippen LogP contribution < -0.4 is 0 Å². The van der Waals surface area contributed by atoms with Crippen LogP contribution in [0.5, 0.6) is 0 Å². The van der Waals surface area contributed by atoms with Gasteiger partial charge in [-0.1, -0.05) is 27.7 Å². The lowest BCUT2D eigenvalue weighted by Crippen LogP contribution is -2.58. The first-order chi connectivity index (χ1) is 10.7. The summed E-state index contributed by atoms with van der Waals surface area (Å²) in [6, 6.07) is 2.31. The lowest BCUT2D eigenvalue weighted by molar-refractivity contribution is -0.180. The summed E-state index contributed by atoms with van der Waals surface area (Å²) in [5.41, 5.74) is -1.60. The van der Waals surface area contributed by atoms with E-state index in [0.29, 0.717) is 6.42 Å². The van der Waals surface area contributed by atoms with Gasteiger partial charge in [0, 0.05) is 18.8 Å². The van der Waals surface area contributed by atoms with Crippen LogP contribution >= 0.6 is 0 Å². The average molecular weight is 350 g/mol. The highest BCUT2D eigenvalue weighted by Gasteiger charge is 2.58. The molecular weight excluding hydrogens is 318 g/mol. The van der Waals surface area contributed by atoms with Gasteiger partial charge in [-0.05, 0) is 38.1 Å². The van der Waals surface area contributed by atoms with Gasteiger partial charge in [0.25, 0.3) is 0 Å². The quantitative estimate of drug-likeness (QED) is 0.685. The van der Waals surface area contributed by atoms with E-state index in [9.17, 15) is 10.1 Å². The molecule has 0 amide bonds. The zero-order valence-corrected chi connectivity index (χ0v) is 17.3. The molecule has 2 aliphatic rings. The Kier molecular flexibility index (Phi) is 4.57. The van der Waals surface area contributed by atoms with Gasteiger partial charge >= 0.3 is 0 Å². The van der Waals surface area contributed by atoms with Crippen molar-refractivity contribution in [2.45, 2.75) is 84.2 Å². The molecule has 3 atom stereocenters. The van der Waals surface area contributed by atoms with Crippen LogP contribution in [-0.2, 0) is 14.0 Å². The maximum absolute atomic E-state index is 12.8. The number of hydrogen-bond acceptors (Lipinski definition) is 4. The first kappa shape index (κ1) is 19.2. The van der Waals surface area contributed by atoms with Crippen LogP contribution in [0.2, 0.25) is 18.1 Å². The Labute approximate surface area is 147 Å². The third-order valence-electron chi connectivity index (χ3n) is 5.93. The third-order valence-corrected chi connectivity index (χ3v) is 10.3. The summed E-state index contributed by atoms with van der Waals surface area (Å²) in [5.74, 6) is 0.682. The molecule has 2 rings (SSSR count). The normalized spacial score (nSPS) is 33.3. The molecule has 0 saturated carbocycles. The second-order valence-corrected chi connectivity index (χ2v) is 14.2. The summed E-state index contributed by atoms with van der Waals surface area (Å²) < 4.78 is 12.6. The average Bonchev–Trinajstić information content (AvgIpc) is 2.34. The molecule has 24 heavy (non-hydrogen) atoms. The van der Waals surface area contributed by atoms with E-state index in [0.717, 1.165) is 5.76 Å². The van der Waals surface area contributed by atoms with Crippen molar-refractivity contribution in [3.8, 4) is 6.07 Å². The number of Topliss-reactive ketones (excluding diaryl/α,β-unsaturated/α-hetero) is 1. The topological polar surface area (TPSA) is 59.3 Å². The summed E-state index contributed by atoms with van der Waals surface area (Å²) in [6.45, 7) is 16.8. The molecule has 0 radical (unpaired) electrons. The molecule has 1 unspecified atom stereocenters. The standard InChI is InChI=1S/C19H31NO3Si/c1-13-9-14(23-24(7,8)17(2,3)4)10-16-19(13,12-20)15(21)11-18(5,6)22-16/h9,13,16H,10-11H2,1-8H3/t13?,16-,19-/m1/s1. The van der Waals surface area contributed by atoms with E-state index >= 15 is 0 Å². The molecule has 0 N–H and O–H groups in total. The maximum Gasteiger partial charge on any atom is 0.250 e. The minimum Gasteiger partial charge on any atom is -0.547 e. The van der Waals surface area contributed by atoms with Gasteiger partial charge in [-0.25, -0.2) is 0 Å². The fraction of sp³-hybridized carbons (Fsp3) is 0.789. The molecule has 5 heteroatoms. The second-order valence-electron chi connectivity index (χ2n) is 9.44. The van der Waals surface area contributed by atoms with Crippen molar-refractivity contribution in [3.05, 3.63) is 11.8 Å². The van der Waals surface area contributed by atoms with Crippen LogP contribution in [0.15, 0.2) is 11.8 Å². The third kappa shape index (κ3) is 3.06. The van der Waals surface area contributed by atoms with E-state index in [1.54, 1.807) is 0 Å². The van der Waals surface area contributed by atoms with Gasteiger partial charge in [0.05, 0.1) is 23.5 Å². The number of nitrogens with zero attached hydrogens (tertiary/aromatic N) is 1. The molecule has 134 valence electrons. The molecule has 1 aliphatic carbocycles. The number of ether oxygens (including phenoxy) is 1. The molecular formula is C19H31NO3Si. The van der Waals surface area contributed by atoms with Gasteiger partial charge in [-0.2, -0.15) is 5.26 Å². The zero-order valence-electron chi connectivity index (χ0n) is 16.3. The summed E-state index contributed by atoms with van der Waals surface area (Å²) in [4.78, 5) is 12.8. The van der Waals surface area contributed by atoms with Gasteiger partial charge in [0.1, 0.15) is 5.41 Å². The van der Waals surface area contributed by atoms with E-state index < -0.39 is 25.4 Å². The Balaban J connectivity index is 2.37. The maximum atomic E-state index is 12.8. The molecule has 4 nitrogen and oxygen atoms in total. The largest absolute Gasteiger partial charge is 0.547 e. The molecule has 0 aromatic rings. The van der Waals surface area contributed by atoms with Crippen molar-refractivity contribution in [3.63, 3.8) is 0 Å². The Bertz CT molecular complexity index is 609. The predicted molar refractivity (Wildman–Crippen MR) is 96.8 cm³/mol. The van der Waals surface area contributed by atoms with Crippen LogP contribution in [0.3, 0.4) is 0 Å². The van der Waals surface area contributed by atoms with Gasteiger partial charge in [0.15, 0.2) is 5.78 Å². The molecule has 1 aliphatic heterocycles. The highest BCUT2D eigenvalue weighted by atomic mass is 28.4. The zero-order chi connectivity index (χ0) is 18.6. The summed E-state index contributed by atoms with van der Waals surface area (Å²) >= 11 is 0. The minimum absolute atomic E-state index is 0.00127. The fourth-order valence-electron chi connectivity index (χ4n) is 3.44. The Morgan fingerprint density at radius 2 is 1.96 bits per heavy atom. The van der Waals surface area contributed by atoms with Crippen molar-refractivity contribution in [1.29, 1.82) is 5.26 Å². The number of nitriles is 1. The number of allylic oxidation sites excluding steroid dienone is 1. The molecule has 1 heterocycles. The van der Waals surface area contributed by atoms with Crippen molar-refractivity contribution in [2.24, 2.45) is 11.3 Å². The number of carbonyl (C=O) groups excluding carboxylic acids is 1. The second kappa shape index (κ2) is 5.71. The van der Waals surface area contributed by atoms with Gasteiger partial charge in [-0.15, -0.1) is 0 Å². The van der Waals surface area contributed by atoms with E-state index in [1.165, 1.54) is 0 Å². The Morgan fingerprint density at radius 1 is 1.38 bits per heavy atom. The SMILES string of the molecule is CC1C=C(O[Si](C)(C)C(C)(C)C)C[C@H]2OC(C)(C)CC(=O)[C@@]12C#N. The van der Waals surface area contributed by atoms with Crippen molar-refractivity contribution < 1.29 is 14.0 Å². The van der Waals surface area contributed by atoms with Crippen molar-refractivity contribution in [1.82, 2.24) is 0 Å². The van der Waals surface area contributed by atoms with Crippen LogP contribution in [0.25, 0.3) is 0 Å². The number of fused-ring (bicyclic) bond motifs is 1. The number of carbonyl (C=O) groups is 1. The first-order valence-corrected chi connectivity index (χ1v) is 11.7. The Hall–Kier alpha value is -1.12. The first-order valence-electron chi connectivity index (χ1n) is 8.77. The number of rotatable bonds is 2. The van der Waals surface area contributed by atoms with Crippen LogP contribution in [0, 0.1) is 22.7 Å². The molecule has 1 saturated heterocycles. The van der Waals surface area contributed by atoms with Gasteiger partial charge in [-0.3, -0.25) is 4.79 Å². The highest BCUT2D eigenvalue weighted by Crippen LogP contribution is 2.50.